The fourth-order valence-electron chi connectivity index (χ4n) is 8.03. The first-order valence-electron chi connectivity index (χ1n) is 18.8. The Morgan fingerprint density at radius 2 is 0.929 bits per heavy atom. The summed E-state index contributed by atoms with van der Waals surface area (Å²) >= 11 is 0. The van der Waals surface area contributed by atoms with Crippen molar-refractivity contribution in [1.82, 2.24) is 19.5 Å². The highest BCUT2D eigenvalue weighted by Gasteiger charge is 2.22. The molecule has 5 nitrogen and oxygen atoms in total. The Morgan fingerprint density at radius 1 is 0.375 bits per heavy atom. The number of fused-ring (bicyclic) bond motifs is 7. The molecule has 0 aliphatic heterocycles. The second-order valence-electron chi connectivity index (χ2n) is 14.0. The molecule has 0 bridgehead atoms. The van der Waals surface area contributed by atoms with Crippen molar-refractivity contribution >= 4 is 43.7 Å². The molecule has 3 aromatic heterocycles. The Balaban J connectivity index is 1.13. The van der Waals surface area contributed by atoms with Gasteiger partial charge in [0.1, 0.15) is 5.58 Å². The minimum absolute atomic E-state index is 0.587. The third-order valence-corrected chi connectivity index (χ3v) is 10.7. The zero-order chi connectivity index (χ0) is 37.0. The summed E-state index contributed by atoms with van der Waals surface area (Å²) in [4.78, 5) is 15.4. The number of aromatic nitrogens is 4. The van der Waals surface area contributed by atoms with Crippen molar-refractivity contribution in [3.8, 4) is 62.1 Å². The summed E-state index contributed by atoms with van der Waals surface area (Å²) in [6.07, 6.45) is 0. The van der Waals surface area contributed by atoms with Gasteiger partial charge >= 0.3 is 0 Å². The molecule has 0 saturated carbocycles. The van der Waals surface area contributed by atoms with Crippen molar-refractivity contribution in [3.05, 3.63) is 194 Å². The van der Waals surface area contributed by atoms with Crippen LogP contribution in [0.4, 0.5) is 0 Å². The predicted octanol–water partition coefficient (Wildman–Crippen LogP) is 13.2. The summed E-state index contributed by atoms with van der Waals surface area (Å²) in [5.41, 5.74) is 12.1. The number of nitrogens with zero attached hydrogens (tertiary/aromatic N) is 4. The van der Waals surface area contributed by atoms with Crippen LogP contribution in [0, 0.1) is 0 Å². The third kappa shape index (κ3) is 5.29. The molecule has 5 heteroatoms. The second-order valence-corrected chi connectivity index (χ2v) is 14.0. The van der Waals surface area contributed by atoms with E-state index in [4.69, 9.17) is 19.4 Å². The Morgan fingerprint density at radius 3 is 1.68 bits per heavy atom. The maximum absolute atomic E-state index is 6.92. The van der Waals surface area contributed by atoms with Gasteiger partial charge < -0.3 is 8.98 Å². The van der Waals surface area contributed by atoms with Crippen LogP contribution in [0.5, 0.6) is 0 Å². The van der Waals surface area contributed by atoms with E-state index in [2.05, 4.69) is 144 Å². The average Bonchev–Trinajstić information content (AvgIpc) is 3.84. The van der Waals surface area contributed by atoms with Crippen LogP contribution in [0.1, 0.15) is 0 Å². The topological polar surface area (TPSA) is 56.7 Å². The van der Waals surface area contributed by atoms with Crippen molar-refractivity contribution in [3.63, 3.8) is 0 Å². The molecule has 0 aliphatic carbocycles. The van der Waals surface area contributed by atoms with Gasteiger partial charge in [0.25, 0.3) is 0 Å². The quantitative estimate of drug-likeness (QED) is 0.172. The van der Waals surface area contributed by atoms with E-state index in [1.165, 1.54) is 16.5 Å². The first-order chi connectivity index (χ1) is 27.8. The Kier molecular flexibility index (Phi) is 7.42. The van der Waals surface area contributed by atoms with Gasteiger partial charge in [0.2, 0.25) is 0 Å². The molecule has 56 heavy (non-hydrogen) atoms. The van der Waals surface area contributed by atoms with Crippen LogP contribution >= 0.6 is 0 Å². The minimum Gasteiger partial charge on any atom is -0.454 e. The molecular formula is C51H32N4O. The van der Waals surface area contributed by atoms with Gasteiger partial charge in [0.15, 0.2) is 23.1 Å². The molecule has 262 valence electrons. The molecule has 11 aromatic rings. The SMILES string of the molecule is c1ccc(-c2ccc(-n3c4ccccc4c4ccc5c(oc6cccc(-c7nc(-c8ccccc8)nc(-c8cccc(-c9ccccc9)c8)n7)c65)c43)cc2)cc1. The number of rotatable bonds is 6. The van der Waals surface area contributed by atoms with Gasteiger partial charge in [-0.25, -0.2) is 15.0 Å². The monoisotopic (exact) mass is 716 g/mol. The Bertz CT molecular complexity index is 3220. The lowest BCUT2D eigenvalue weighted by Crippen LogP contribution is -2.00. The molecule has 11 rings (SSSR count). The van der Waals surface area contributed by atoms with E-state index in [9.17, 15) is 0 Å². The number of hydrogen-bond donors (Lipinski definition) is 0. The first-order valence-corrected chi connectivity index (χ1v) is 18.8. The normalized spacial score (nSPS) is 11.6. The summed E-state index contributed by atoms with van der Waals surface area (Å²) in [5.74, 6) is 1.81. The van der Waals surface area contributed by atoms with Crippen molar-refractivity contribution in [2.45, 2.75) is 0 Å². The molecule has 0 atom stereocenters. The van der Waals surface area contributed by atoms with Crippen molar-refractivity contribution in [2.75, 3.05) is 0 Å². The molecule has 0 saturated heterocycles. The van der Waals surface area contributed by atoms with Crippen LogP contribution in [-0.4, -0.2) is 19.5 Å². The molecule has 3 heterocycles. The molecule has 0 N–H and O–H groups in total. The lowest BCUT2D eigenvalue weighted by molar-refractivity contribution is 0.671. The van der Waals surface area contributed by atoms with Crippen LogP contribution in [0.3, 0.4) is 0 Å². The summed E-state index contributed by atoms with van der Waals surface area (Å²) in [7, 11) is 0. The highest BCUT2D eigenvalue weighted by molar-refractivity contribution is 6.23. The van der Waals surface area contributed by atoms with E-state index in [0.29, 0.717) is 17.5 Å². The Labute approximate surface area is 322 Å². The summed E-state index contributed by atoms with van der Waals surface area (Å²) in [6, 6.07) is 67.3. The third-order valence-electron chi connectivity index (χ3n) is 10.7. The highest BCUT2D eigenvalue weighted by Crippen LogP contribution is 2.43. The molecular weight excluding hydrogens is 685 g/mol. The summed E-state index contributed by atoms with van der Waals surface area (Å²) in [5, 5.41) is 4.27. The van der Waals surface area contributed by atoms with Crippen molar-refractivity contribution < 1.29 is 4.42 Å². The van der Waals surface area contributed by atoms with Crippen LogP contribution in [0.15, 0.2) is 199 Å². The number of para-hydroxylation sites is 1. The highest BCUT2D eigenvalue weighted by atomic mass is 16.3. The van der Waals surface area contributed by atoms with Crippen LogP contribution in [0.2, 0.25) is 0 Å². The molecule has 0 radical (unpaired) electrons. The average molecular weight is 717 g/mol. The zero-order valence-electron chi connectivity index (χ0n) is 30.2. The maximum Gasteiger partial charge on any atom is 0.164 e. The molecule has 0 amide bonds. The first kappa shape index (κ1) is 31.9. The fourth-order valence-corrected chi connectivity index (χ4v) is 8.03. The minimum atomic E-state index is 0.587. The van der Waals surface area contributed by atoms with Crippen molar-refractivity contribution in [1.29, 1.82) is 0 Å². The molecule has 0 unspecified atom stereocenters. The zero-order valence-corrected chi connectivity index (χ0v) is 30.2. The largest absolute Gasteiger partial charge is 0.454 e. The lowest BCUT2D eigenvalue weighted by Gasteiger charge is -2.10. The van der Waals surface area contributed by atoms with Gasteiger partial charge in [-0.2, -0.15) is 0 Å². The summed E-state index contributed by atoms with van der Waals surface area (Å²) < 4.78 is 9.25. The van der Waals surface area contributed by atoms with Gasteiger partial charge in [-0.15, -0.1) is 0 Å². The molecule has 0 spiro atoms. The van der Waals surface area contributed by atoms with Crippen molar-refractivity contribution in [2.24, 2.45) is 0 Å². The van der Waals surface area contributed by atoms with Crippen LogP contribution < -0.4 is 0 Å². The smallest absolute Gasteiger partial charge is 0.164 e. The Hall–Kier alpha value is -7.63. The number of benzene rings is 8. The molecule has 0 fully saturated rings. The maximum atomic E-state index is 6.92. The number of furan rings is 1. The van der Waals surface area contributed by atoms with Gasteiger partial charge in [-0.05, 0) is 58.7 Å². The van der Waals surface area contributed by atoms with E-state index >= 15 is 0 Å². The van der Waals surface area contributed by atoms with E-state index in [1.54, 1.807) is 0 Å². The molecule has 8 aromatic carbocycles. The molecule has 0 aliphatic rings. The van der Waals surface area contributed by atoms with Gasteiger partial charge in [-0.1, -0.05) is 158 Å². The van der Waals surface area contributed by atoms with Crippen LogP contribution in [-0.2, 0) is 0 Å². The fraction of sp³-hybridized carbons (Fsp3) is 0. The van der Waals surface area contributed by atoms with E-state index in [-0.39, 0.29) is 0 Å². The van der Waals surface area contributed by atoms with Gasteiger partial charge in [-0.3, -0.25) is 0 Å². The van der Waals surface area contributed by atoms with Crippen LogP contribution in [0.25, 0.3) is 106 Å². The summed E-state index contributed by atoms with van der Waals surface area (Å²) in [6.45, 7) is 0. The number of hydrogen-bond acceptors (Lipinski definition) is 4. The second kappa shape index (κ2) is 13.0. The van der Waals surface area contributed by atoms with Gasteiger partial charge in [0, 0.05) is 43.9 Å². The van der Waals surface area contributed by atoms with E-state index in [0.717, 1.165) is 71.9 Å². The van der Waals surface area contributed by atoms with E-state index < -0.39 is 0 Å². The standard InChI is InChI=1S/C51H32N4O/c1-4-14-33(15-5-1)35-26-28-39(29-27-35)55-44-24-11-10-22-40(44)41-30-31-42-46-43(23-13-25-45(46)56-48(42)47(41)55)51-53-49(36-18-8-3-9-19-36)52-50(54-51)38-21-12-20-37(32-38)34-16-6-2-7-17-34/h1-32H. The van der Waals surface area contributed by atoms with E-state index in [1.807, 2.05) is 54.6 Å². The lowest BCUT2D eigenvalue weighted by atomic mass is 10.0. The predicted molar refractivity (Wildman–Crippen MR) is 229 cm³/mol. The van der Waals surface area contributed by atoms with Gasteiger partial charge in [0.05, 0.1) is 11.0 Å².